The summed E-state index contributed by atoms with van der Waals surface area (Å²) in [6, 6.07) is 9.14. The van der Waals surface area contributed by atoms with Gasteiger partial charge in [0.2, 0.25) is 10.0 Å². The van der Waals surface area contributed by atoms with Crippen molar-refractivity contribution in [2.24, 2.45) is 0 Å². The minimum absolute atomic E-state index is 0.0757. The smallest absolute Gasteiger partial charge is 0.321 e. The Labute approximate surface area is 220 Å². The molecule has 2 unspecified atom stereocenters. The fourth-order valence-electron chi connectivity index (χ4n) is 4.72. The molecule has 0 radical (unpaired) electrons. The number of ether oxygens (including phenoxy) is 2. The second-order valence-corrected chi connectivity index (χ2v) is 11.0. The number of aromatic nitrogens is 2. The first-order valence-electron chi connectivity index (χ1n) is 11.8. The van der Waals surface area contributed by atoms with Crippen molar-refractivity contribution in [2.45, 2.75) is 49.0 Å². The van der Waals surface area contributed by atoms with Crippen LogP contribution in [0.15, 0.2) is 59.9 Å². The van der Waals surface area contributed by atoms with Crippen LogP contribution in [-0.4, -0.2) is 54.4 Å². The fraction of sp³-hybridized carbons (Fsp3) is 0.360. The number of pyridine rings is 1. The molecule has 0 aliphatic heterocycles. The first-order chi connectivity index (χ1) is 17.7. The van der Waals surface area contributed by atoms with E-state index in [9.17, 15) is 18.0 Å². The number of esters is 2. The Kier molecular flexibility index (Phi) is 7.90. The van der Waals surface area contributed by atoms with E-state index in [4.69, 9.17) is 21.7 Å². The first-order valence-corrected chi connectivity index (χ1v) is 13.7. The monoisotopic (exact) mass is 544 g/mol. The Hall–Kier alpha value is -3.35. The molecule has 2 atom stereocenters. The zero-order valence-corrected chi connectivity index (χ0v) is 22.1. The highest BCUT2D eigenvalue weighted by atomic mass is 32.2. The molecule has 3 aromatic rings. The quantitative estimate of drug-likeness (QED) is 0.250. The summed E-state index contributed by atoms with van der Waals surface area (Å²) in [4.78, 5) is 28.7. The van der Waals surface area contributed by atoms with Gasteiger partial charge in [-0.1, -0.05) is 24.7 Å². The molecule has 37 heavy (non-hydrogen) atoms. The van der Waals surface area contributed by atoms with Crippen LogP contribution in [0.25, 0.3) is 5.65 Å². The summed E-state index contributed by atoms with van der Waals surface area (Å²) in [6.45, 7) is 0.700. The highest BCUT2D eigenvalue weighted by molar-refractivity contribution is 7.89. The van der Waals surface area contributed by atoms with Gasteiger partial charge >= 0.3 is 11.9 Å². The van der Waals surface area contributed by atoms with Crippen LogP contribution in [0.4, 0.5) is 0 Å². The van der Waals surface area contributed by atoms with Gasteiger partial charge in [-0.3, -0.25) is 9.59 Å². The number of likely N-dealkylation sites (N-methyl/N-ethyl adjacent to an activating group) is 1. The topological polar surface area (TPSA) is 128 Å². The van der Waals surface area contributed by atoms with Crippen LogP contribution < -0.4 is 14.8 Å². The van der Waals surface area contributed by atoms with Gasteiger partial charge in [-0.25, -0.2) is 13.4 Å². The number of sulfonamides is 1. The Morgan fingerprint density at radius 3 is 2.65 bits per heavy atom. The summed E-state index contributed by atoms with van der Waals surface area (Å²) in [5.41, 5.74) is 0.916. The molecule has 1 aliphatic carbocycles. The molecule has 2 N–H and O–H groups in total. The Balaban J connectivity index is 1.51. The third-order valence-electron chi connectivity index (χ3n) is 6.45. The number of carbonyl (C=O) groups is 2. The number of hydrogen-bond acceptors (Lipinski definition) is 8. The minimum atomic E-state index is -4.00. The normalized spacial score (nSPS) is 19.8. The first kappa shape index (κ1) is 26.7. The second kappa shape index (κ2) is 11.0. The lowest BCUT2D eigenvalue weighted by molar-refractivity contribution is -0.151. The van der Waals surface area contributed by atoms with Crippen LogP contribution in [0.2, 0.25) is 0 Å². The van der Waals surface area contributed by atoms with Crippen LogP contribution in [0.3, 0.4) is 0 Å². The number of benzene rings is 1. The number of fused-ring (bicyclic) bond motifs is 1. The van der Waals surface area contributed by atoms with Crippen molar-refractivity contribution >= 4 is 44.8 Å². The number of thiocarbonyl (C=S) groups is 1. The maximum atomic E-state index is 12.9. The number of rotatable bonds is 8. The van der Waals surface area contributed by atoms with E-state index in [0.29, 0.717) is 17.8 Å². The Bertz CT molecular complexity index is 1420. The van der Waals surface area contributed by atoms with E-state index in [1.807, 2.05) is 28.9 Å². The van der Waals surface area contributed by atoms with Crippen molar-refractivity contribution < 1.29 is 27.5 Å². The zero-order chi connectivity index (χ0) is 26.6. The van der Waals surface area contributed by atoms with Gasteiger partial charge in [0.05, 0.1) is 15.3 Å². The molecule has 1 aromatic carbocycles. The summed E-state index contributed by atoms with van der Waals surface area (Å²) in [6.07, 6.45) is 7.91. The molecule has 2 heterocycles. The summed E-state index contributed by atoms with van der Waals surface area (Å²) >= 11 is 5.76. The number of carbonyl (C=O) groups excluding carboxylic acids is 2. The van der Waals surface area contributed by atoms with E-state index in [-0.39, 0.29) is 10.6 Å². The fourth-order valence-corrected chi connectivity index (χ4v) is 6.04. The van der Waals surface area contributed by atoms with E-state index in [2.05, 4.69) is 15.0 Å². The molecule has 0 spiro atoms. The van der Waals surface area contributed by atoms with Crippen molar-refractivity contribution in [3.8, 4) is 5.75 Å². The molecule has 0 amide bonds. The van der Waals surface area contributed by atoms with E-state index < -0.39 is 40.0 Å². The third kappa shape index (κ3) is 5.65. The molecule has 12 heteroatoms. The van der Waals surface area contributed by atoms with Crippen LogP contribution in [-0.2, 0) is 29.8 Å². The van der Waals surface area contributed by atoms with Gasteiger partial charge in [0, 0.05) is 32.6 Å². The SMILES string of the molecule is CNC(=S)C1(c2ccc3nccn3c2)CCCCC1OC(=O)CNS(=O)(=O)c1ccc(OC(C)=O)cc1. The van der Waals surface area contributed by atoms with Gasteiger partial charge in [-0.05, 0) is 55.2 Å². The molecular weight excluding hydrogens is 516 g/mol. The number of nitrogens with one attached hydrogen (secondary N) is 2. The molecule has 4 rings (SSSR count). The molecule has 1 saturated carbocycles. The predicted octanol–water partition coefficient (Wildman–Crippen LogP) is 2.51. The van der Waals surface area contributed by atoms with Crippen molar-refractivity contribution in [3.63, 3.8) is 0 Å². The largest absolute Gasteiger partial charge is 0.460 e. The molecule has 10 nitrogen and oxygen atoms in total. The van der Waals surface area contributed by atoms with Gasteiger partial charge in [0.25, 0.3) is 0 Å². The molecule has 2 aromatic heterocycles. The van der Waals surface area contributed by atoms with Gasteiger partial charge < -0.3 is 19.2 Å². The highest BCUT2D eigenvalue weighted by Crippen LogP contribution is 2.42. The van der Waals surface area contributed by atoms with E-state index >= 15 is 0 Å². The van der Waals surface area contributed by atoms with Crippen molar-refractivity contribution in [1.82, 2.24) is 19.4 Å². The van der Waals surface area contributed by atoms with E-state index in [1.165, 1.54) is 31.2 Å². The van der Waals surface area contributed by atoms with Gasteiger partial charge in [-0.2, -0.15) is 4.72 Å². The maximum absolute atomic E-state index is 12.9. The van der Waals surface area contributed by atoms with Crippen LogP contribution >= 0.6 is 12.2 Å². The van der Waals surface area contributed by atoms with E-state index in [1.54, 1.807) is 13.2 Å². The summed E-state index contributed by atoms with van der Waals surface area (Å²) in [5, 5.41) is 3.09. The van der Waals surface area contributed by atoms with Crippen LogP contribution in [0, 0.1) is 0 Å². The van der Waals surface area contributed by atoms with Gasteiger partial charge in [0.1, 0.15) is 24.0 Å². The molecule has 1 fully saturated rings. The maximum Gasteiger partial charge on any atom is 0.321 e. The summed E-state index contributed by atoms with van der Waals surface area (Å²) in [5.74, 6) is -1.01. The number of hydrogen-bond donors (Lipinski definition) is 2. The zero-order valence-electron chi connectivity index (χ0n) is 20.5. The number of imidazole rings is 1. The lowest BCUT2D eigenvalue weighted by Crippen LogP contribution is -2.54. The standard InChI is InChI=1S/C25H28N4O6S2/c1-17(30)34-19-7-9-20(10-8-19)37(32,33)28-15-23(31)35-21-5-3-4-12-25(21,24(36)26-2)18-6-11-22-27-13-14-29(22)16-18/h6-11,13-14,16,21,28H,3-5,12,15H2,1-2H3,(H,26,36). The molecule has 1 aliphatic rings. The van der Waals surface area contributed by atoms with Crippen molar-refractivity contribution in [1.29, 1.82) is 0 Å². The van der Waals surface area contributed by atoms with Gasteiger partial charge in [-0.15, -0.1) is 0 Å². The summed E-state index contributed by atoms with van der Waals surface area (Å²) < 4.78 is 40.4. The Morgan fingerprint density at radius 1 is 1.19 bits per heavy atom. The number of nitrogens with zero attached hydrogens (tertiary/aromatic N) is 2. The Morgan fingerprint density at radius 2 is 1.95 bits per heavy atom. The lowest BCUT2D eigenvalue weighted by atomic mass is 9.67. The van der Waals surface area contributed by atoms with Gasteiger partial charge in [0.15, 0.2) is 0 Å². The third-order valence-corrected chi connectivity index (χ3v) is 8.43. The average Bonchev–Trinajstić information content (AvgIpc) is 3.35. The summed E-state index contributed by atoms with van der Waals surface area (Å²) in [7, 11) is -2.26. The molecule has 0 saturated heterocycles. The van der Waals surface area contributed by atoms with Crippen LogP contribution in [0.5, 0.6) is 5.75 Å². The lowest BCUT2D eigenvalue weighted by Gasteiger charge is -2.44. The minimum Gasteiger partial charge on any atom is -0.460 e. The van der Waals surface area contributed by atoms with E-state index in [0.717, 1.165) is 24.1 Å². The molecule has 0 bridgehead atoms. The predicted molar refractivity (Wildman–Crippen MR) is 140 cm³/mol. The second-order valence-electron chi connectivity index (χ2n) is 8.77. The average molecular weight is 545 g/mol. The van der Waals surface area contributed by atoms with Crippen LogP contribution in [0.1, 0.15) is 38.2 Å². The van der Waals surface area contributed by atoms with Crippen molar-refractivity contribution in [2.75, 3.05) is 13.6 Å². The van der Waals surface area contributed by atoms with Crippen molar-refractivity contribution in [3.05, 3.63) is 60.6 Å². The highest BCUT2D eigenvalue weighted by Gasteiger charge is 2.48. The molecular formula is C25H28N4O6S2. The molecule has 196 valence electrons.